The van der Waals surface area contributed by atoms with Crippen LogP contribution in [0.15, 0.2) is 99.8 Å². The van der Waals surface area contributed by atoms with E-state index in [1.807, 2.05) is 43.3 Å². The van der Waals surface area contributed by atoms with Crippen LogP contribution in [0.4, 0.5) is 0 Å². The van der Waals surface area contributed by atoms with Gasteiger partial charge in [0.25, 0.3) is 0 Å². The normalized spacial score (nSPS) is 16.8. The van der Waals surface area contributed by atoms with Crippen LogP contribution in [-0.2, 0) is 19.9 Å². The molecule has 0 bridgehead atoms. The zero-order valence-corrected chi connectivity index (χ0v) is 24.6. The highest BCUT2D eigenvalue weighted by atomic mass is 35.5. The number of nitriles is 1. The molecule has 0 N–H and O–H groups in total. The van der Waals surface area contributed by atoms with E-state index in [1.165, 1.54) is 34.6 Å². The minimum absolute atomic E-state index is 0.0736. The SMILES string of the molecule is CC1CCCN(S(=O)(=O)c2cccc(-c3nn(-c4ccccc4)cc3C=C(C#N)S(=O)(=O)c3ccc(Cl)cc3)c2)C1. The van der Waals surface area contributed by atoms with Crippen molar-refractivity contribution in [3.8, 4) is 23.0 Å². The molecule has 1 aliphatic rings. The molecule has 210 valence electrons. The van der Waals surface area contributed by atoms with Gasteiger partial charge in [-0.3, -0.25) is 0 Å². The van der Waals surface area contributed by atoms with Gasteiger partial charge in [0.2, 0.25) is 19.9 Å². The number of hydrogen-bond donors (Lipinski definition) is 0. The quantitative estimate of drug-likeness (QED) is 0.240. The van der Waals surface area contributed by atoms with Crippen LogP contribution in [0.2, 0.25) is 5.02 Å². The van der Waals surface area contributed by atoms with Gasteiger partial charge in [-0.15, -0.1) is 0 Å². The fourth-order valence-electron chi connectivity index (χ4n) is 4.80. The molecule has 0 radical (unpaired) electrons. The summed E-state index contributed by atoms with van der Waals surface area (Å²) in [7, 11) is -7.92. The van der Waals surface area contributed by atoms with Crippen molar-refractivity contribution in [3.05, 3.63) is 101 Å². The Bertz CT molecular complexity index is 1860. The van der Waals surface area contributed by atoms with Gasteiger partial charge in [0.1, 0.15) is 16.7 Å². The van der Waals surface area contributed by atoms with Gasteiger partial charge in [-0.1, -0.05) is 48.9 Å². The predicted octanol–water partition coefficient (Wildman–Crippen LogP) is 5.95. The molecule has 8 nitrogen and oxygen atoms in total. The lowest BCUT2D eigenvalue weighted by Crippen LogP contribution is -2.39. The van der Waals surface area contributed by atoms with Crippen molar-refractivity contribution in [2.75, 3.05) is 13.1 Å². The molecule has 4 aromatic rings. The lowest BCUT2D eigenvalue weighted by Gasteiger charge is -2.30. The van der Waals surface area contributed by atoms with E-state index in [0.29, 0.717) is 40.6 Å². The molecule has 5 rings (SSSR count). The Kier molecular flexibility index (Phi) is 8.16. The predicted molar refractivity (Wildman–Crippen MR) is 158 cm³/mol. The van der Waals surface area contributed by atoms with Crippen LogP contribution in [0.25, 0.3) is 23.0 Å². The number of aromatic nitrogens is 2. The topological polar surface area (TPSA) is 113 Å². The first kappa shape index (κ1) is 28.8. The summed E-state index contributed by atoms with van der Waals surface area (Å²) >= 11 is 5.92. The standard InChI is InChI=1S/C30H27ClN4O4S2/c1-22-7-6-16-34(20-22)41(38,39)28-11-5-8-23(17-28)30-24(21-35(33-30)26-9-3-2-4-10-26)18-29(19-32)40(36,37)27-14-12-25(31)13-15-27/h2-5,8-15,17-18,21-22H,6-7,16,20H2,1H3. The summed E-state index contributed by atoms with van der Waals surface area (Å²) in [6.45, 7) is 2.96. The van der Waals surface area contributed by atoms with E-state index in [4.69, 9.17) is 16.7 Å². The molecule has 41 heavy (non-hydrogen) atoms. The van der Waals surface area contributed by atoms with Crippen molar-refractivity contribution >= 4 is 37.5 Å². The second-order valence-corrected chi connectivity index (χ2v) is 14.2. The van der Waals surface area contributed by atoms with Gasteiger partial charge in [-0.25, -0.2) is 21.5 Å². The maximum absolute atomic E-state index is 13.5. The van der Waals surface area contributed by atoms with Gasteiger partial charge in [-0.2, -0.15) is 14.7 Å². The Labute approximate surface area is 245 Å². The van der Waals surface area contributed by atoms with Crippen molar-refractivity contribution in [1.82, 2.24) is 14.1 Å². The highest BCUT2D eigenvalue weighted by Gasteiger charge is 2.29. The van der Waals surface area contributed by atoms with Crippen LogP contribution in [0.5, 0.6) is 0 Å². The van der Waals surface area contributed by atoms with Crippen LogP contribution in [0, 0.1) is 17.2 Å². The number of benzene rings is 3. The number of rotatable bonds is 7. The first-order chi connectivity index (χ1) is 19.6. The number of allylic oxidation sites excluding steroid dienone is 1. The van der Waals surface area contributed by atoms with E-state index in [-0.39, 0.29) is 15.7 Å². The number of nitrogens with zero attached hydrogens (tertiary/aromatic N) is 4. The molecule has 3 aromatic carbocycles. The average Bonchev–Trinajstić information content (AvgIpc) is 3.40. The maximum Gasteiger partial charge on any atom is 0.243 e. The number of sulfone groups is 1. The Morgan fingerprint density at radius 2 is 1.73 bits per heavy atom. The second kappa shape index (κ2) is 11.6. The third-order valence-corrected chi connectivity index (χ3v) is 10.7. The monoisotopic (exact) mass is 606 g/mol. The van der Waals surface area contributed by atoms with Crippen LogP contribution in [-0.4, -0.2) is 44.0 Å². The zero-order chi connectivity index (χ0) is 29.2. The number of sulfonamides is 1. The van der Waals surface area contributed by atoms with E-state index in [9.17, 15) is 22.1 Å². The van der Waals surface area contributed by atoms with Crippen LogP contribution < -0.4 is 0 Å². The summed E-state index contributed by atoms with van der Waals surface area (Å²) in [6, 6.07) is 23.0. The first-order valence-corrected chi connectivity index (χ1v) is 16.3. The van der Waals surface area contributed by atoms with E-state index in [0.717, 1.165) is 12.8 Å². The minimum atomic E-state index is -4.17. The molecule has 1 atom stereocenters. The zero-order valence-electron chi connectivity index (χ0n) is 22.2. The Balaban J connectivity index is 1.63. The molecule has 1 aromatic heterocycles. The largest absolute Gasteiger partial charge is 0.243 e. The lowest BCUT2D eigenvalue weighted by molar-refractivity contribution is 0.281. The van der Waals surface area contributed by atoms with Crippen LogP contribution >= 0.6 is 11.6 Å². The molecule has 1 fully saturated rings. The number of para-hydroxylation sites is 1. The first-order valence-electron chi connectivity index (χ1n) is 13.0. The molecule has 0 spiro atoms. The van der Waals surface area contributed by atoms with Crippen LogP contribution in [0.1, 0.15) is 25.3 Å². The van der Waals surface area contributed by atoms with Gasteiger partial charge in [0.15, 0.2) is 0 Å². The average molecular weight is 607 g/mol. The molecule has 11 heteroatoms. The van der Waals surface area contributed by atoms with Gasteiger partial charge in [-0.05, 0) is 73.4 Å². The molecule has 0 amide bonds. The Morgan fingerprint density at radius 1 is 1.00 bits per heavy atom. The van der Waals surface area contributed by atoms with E-state index in [2.05, 4.69) is 0 Å². The second-order valence-electron chi connectivity index (χ2n) is 9.93. The molecule has 1 saturated heterocycles. The molecular formula is C30H27ClN4O4S2. The highest BCUT2D eigenvalue weighted by Crippen LogP contribution is 2.31. The van der Waals surface area contributed by atoms with Gasteiger partial charge >= 0.3 is 0 Å². The fraction of sp³-hybridized carbons (Fsp3) is 0.200. The van der Waals surface area contributed by atoms with Gasteiger partial charge in [0.05, 0.1) is 15.5 Å². The summed E-state index contributed by atoms with van der Waals surface area (Å²) in [6.07, 6.45) is 4.67. The van der Waals surface area contributed by atoms with Crippen molar-refractivity contribution in [2.45, 2.75) is 29.6 Å². The number of halogens is 1. The summed E-state index contributed by atoms with van der Waals surface area (Å²) in [5, 5.41) is 15.0. The van der Waals surface area contributed by atoms with Crippen molar-refractivity contribution in [2.24, 2.45) is 5.92 Å². The number of piperidine rings is 1. The molecule has 2 heterocycles. The summed E-state index contributed by atoms with van der Waals surface area (Å²) < 4.78 is 56.8. The fourth-order valence-corrected chi connectivity index (χ4v) is 7.72. The van der Waals surface area contributed by atoms with Crippen molar-refractivity contribution in [3.63, 3.8) is 0 Å². The third-order valence-electron chi connectivity index (χ3n) is 6.94. The molecule has 0 aliphatic carbocycles. The van der Waals surface area contributed by atoms with E-state index in [1.54, 1.807) is 35.1 Å². The summed E-state index contributed by atoms with van der Waals surface area (Å²) in [5.41, 5.74) is 1.85. The number of hydrogen-bond acceptors (Lipinski definition) is 6. The summed E-state index contributed by atoms with van der Waals surface area (Å²) in [5.74, 6) is 0.270. The smallest absolute Gasteiger partial charge is 0.240 e. The molecule has 1 aliphatic heterocycles. The summed E-state index contributed by atoms with van der Waals surface area (Å²) in [4.78, 5) is -0.433. The lowest BCUT2D eigenvalue weighted by atomic mass is 10.0. The van der Waals surface area contributed by atoms with Crippen LogP contribution in [0.3, 0.4) is 0 Å². The third kappa shape index (κ3) is 5.99. The Morgan fingerprint density at radius 3 is 2.41 bits per heavy atom. The van der Waals surface area contributed by atoms with Crippen molar-refractivity contribution < 1.29 is 16.8 Å². The highest BCUT2D eigenvalue weighted by molar-refractivity contribution is 7.95. The molecule has 0 saturated carbocycles. The Hall–Kier alpha value is -3.75. The van der Waals surface area contributed by atoms with Crippen molar-refractivity contribution in [1.29, 1.82) is 5.26 Å². The molecule has 1 unspecified atom stereocenters. The minimum Gasteiger partial charge on any atom is -0.240 e. The maximum atomic E-state index is 13.5. The van der Waals surface area contributed by atoms with E-state index >= 15 is 0 Å². The van der Waals surface area contributed by atoms with E-state index < -0.39 is 24.8 Å². The van der Waals surface area contributed by atoms with Gasteiger partial charge in [0, 0.05) is 35.4 Å². The molecular weight excluding hydrogens is 580 g/mol. The van der Waals surface area contributed by atoms with Gasteiger partial charge < -0.3 is 0 Å².